The Hall–Kier alpha value is -2.99. The zero-order chi connectivity index (χ0) is 17.4. The van der Waals surface area contributed by atoms with Crippen LogP contribution in [-0.4, -0.2) is 25.2 Å². The average Bonchev–Trinajstić information content (AvgIpc) is 3.21. The normalized spacial score (nSPS) is 14.0. The van der Waals surface area contributed by atoms with Gasteiger partial charge in [-0.25, -0.2) is 4.79 Å². The Morgan fingerprint density at radius 3 is 2.80 bits per heavy atom. The fourth-order valence-corrected chi connectivity index (χ4v) is 2.92. The summed E-state index contributed by atoms with van der Waals surface area (Å²) in [7, 11) is 0. The van der Waals surface area contributed by atoms with Gasteiger partial charge in [-0.15, -0.1) is 0 Å². The Labute approximate surface area is 147 Å². The van der Waals surface area contributed by atoms with E-state index in [0.29, 0.717) is 35.1 Å². The number of nitrogens with one attached hydrogen (secondary N) is 1. The summed E-state index contributed by atoms with van der Waals surface area (Å²) in [5.41, 5.74) is 1.66. The third kappa shape index (κ3) is 2.92. The summed E-state index contributed by atoms with van der Waals surface area (Å²) in [5.74, 6) is -0.247. The number of hydrogen-bond acceptors (Lipinski definition) is 4. The van der Waals surface area contributed by atoms with Crippen LogP contribution in [0.25, 0.3) is 11.0 Å². The Kier molecular flexibility index (Phi) is 3.82. The van der Waals surface area contributed by atoms with Crippen molar-refractivity contribution in [3.05, 3.63) is 59.3 Å². The number of nitrogens with zero attached hydrogens (tertiary/aromatic N) is 1. The van der Waals surface area contributed by atoms with Crippen LogP contribution in [0.1, 0.15) is 10.6 Å². The lowest BCUT2D eigenvalue weighted by Crippen LogP contribution is -2.25. The van der Waals surface area contributed by atoms with E-state index in [-0.39, 0.29) is 5.76 Å². The number of anilines is 2. The Morgan fingerprint density at radius 2 is 2.00 bits per heavy atom. The number of rotatable bonds is 3. The molecular formula is C18H13ClN2O4. The summed E-state index contributed by atoms with van der Waals surface area (Å²) in [6.45, 7) is 0.764. The van der Waals surface area contributed by atoms with E-state index >= 15 is 0 Å². The first-order valence-corrected chi connectivity index (χ1v) is 8.03. The van der Waals surface area contributed by atoms with Gasteiger partial charge in [0.1, 0.15) is 12.2 Å². The van der Waals surface area contributed by atoms with Gasteiger partial charge in [0, 0.05) is 10.4 Å². The van der Waals surface area contributed by atoms with Gasteiger partial charge in [-0.1, -0.05) is 23.7 Å². The van der Waals surface area contributed by atoms with Gasteiger partial charge in [-0.05, 0) is 36.4 Å². The molecule has 3 aromatic rings. The molecule has 2 aromatic carbocycles. The SMILES string of the molecule is O=C(Nc1ccccc1N1CCOC1=O)c1cc2cc(Cl)ccc2o1. The van der Waals surface area contributed by atoms with E-state index in [1.807, 2.05) is 0 Å². The molecule has 6 nitrogen and oxygen atoms in total. The number of cyclic esters (lactones) is 1. The molecule has 0 spiro atoms. The molecule has 4 rings (SSSR count). The second kappa shape index (κ2) is 6.14. The van der Waals surface area contributed by atoms with Crippen molar-refractivity contribution in [2.24, 2.45) is 0 Å². The molecule has 1 N–H and O–H groups in total. The molecule has 25 heavy (non-hydrogen) atoms. The highest BCUT2D eigenvalue weighted by atomic mass is 35.5. The van der Waals surface area contributed by atoms with E-state index in [2.05, 4.69) is 5.32 Å². The van der Waals surface area contributed by atoms with Crippen LogP contribution in [-0.2, 0) is 4.74 Å². The fraction of sp³-hybridized carbons (Fsp3) is 0.111. The molecule has 2 heterocycles. The van der Waals surface area contributed by atoms with Crippen molar-refractivity contribution in [3.63, 3.8) is 0 Å². The predicted octanol–water partition coefficient (Wildman–Crippen LogP) is 4.30. The first-order chi connectivity index (χ1) is 12.1. The molecule has 0 saturated carbocycles. The Bertz CT molecular complexity index is 982. The van der Waals surface area contributed by atoms with Crippen molar-refractivity contribution in [1.82, 2.24) is 0 Å². The van der Waals surface area contributed by atoms with E-state index < -0.39 is 12.0 Å². The molecule has 0 radical (unpaired) electrons. The number of fused-ring (bicyclic) bond motifs is 1. The van der Waals surface area contributed by atoms with Crippen molar-refractivity contribution < 1.29 is 18.7 Å². The lowest BCUT2D eigenvalue weighted by atomic mass is 10.2. The maximum Gasteiger partial charge on any atom is 0.414 e. The summed E-state index contributed by atoms with van der Waals surface area (Å²) in [6.07, 6.45) is -0.430. The molecule has 126 valence electrons. The van der Waals surface area contributed by atoms with Gasteiger partial charge in [0.05, 0.1) is 17.9 Å². The van der Waals surface area contributed by atoms with Gasteiger partial charge in [0.15, 0.2) is 5.76 Å². The molecule has 1 aliphatic heterocycles. The number of amides is 2. The highest BCUT2D eigenvalue weighted by Gasteiger charge is 2.26. The van der Waals surface area contributed by atoms with E-state index in [9.17, 15) is 9.59 Å². The number of carbonyl (C=O) groups excluding carboxylic acids is 2. The molecule has 0 atom stereocenters. The predicted molar refractivity (Wildman–Crippen MR) is 94.3 cm³/mol. The maximum absolute atomic E-state index is 12.5. The molecule has 1 saturated heterocycles. The molecule has 0 bridgehead atoms. The average molecular weight is 357 g/mol. The number of para-hydroxylation sites is 2. The van der Waals surface area contributed by atoms with Crippen LogP contribution in [0.3, 0.4) is 0 Å². The smallest absolute Gasteiger partial charge is 0.414 e. The fourth-order valence-electron chi connectivity index (χ4n) is 2.74. The summed E-state index contributed by atoms with van der Waals surface area (Å²) >= 11 is 5.95. The third-order valence-electron chi connectivity index (χ3n) is 3.91. The minimum absolute atomic E-state index is 0.163. The monoisotopic (exact) mass is 356 g/mol. The highest BCUT2D eigenvalue weighted by Crippen LogP contribution is 2.29. The van der Waals surface area contributed by atoms with Gasteiger partial charge in [0.2, 0.25) is 0 Å². The van der Waals surface area contributed by atoms with Crippen LogP contribution >= 0.6 is 11.6 Å². The lowest BCUT2D eigenvalue weighted by molar-refractivity contribution is 0.0998. The van der Waals surface area contributed by atoms with Crippen molar-refractivity contribution in [2.45, 2.75) is 0 Å². The summed E-state index contributed by atoms with van der Waals surface area (Å²) in [4.78, 5) is 25.8. The van der Waals surface area contributed by atoms with E-state index in [0.717, 1.165) is 5.39 Å². The minimum Gasteiger partial charge on any atom is -0.451 e. The molecule has 1 fully saturated rings. The number of furan rings is 1. The van der Waals surface area contributed by atoms with Gasteiger partial charge in [-0.2, -0.15) is 0 Å². The zero-order valence-corrected chi connectivity index (χ0v) is 13.7. The van der Waals surface area contributed by atoms with Crippen LogP contribution in [0, 0.1) is 0 Å². The van der Waals surface area contributed by atoms with Crippen LogP contribution in [0.5, 0.6) is 0 Å². The Morgan fingerprint density at radius 1 is 1.16 bits per heavy atom. The van der Waals surface area contributed by atoms with Crippen molar-refractivity contribution >= 4 is 45.9 Å². The minimum atomic E-state index is -0.430. The third-order valence-corrected chi connectivity index (χ3v) is 4.14. The van der Waals surface area contributed by atoms with Crippen LogP contribution < -0.4 is 10.2 Å². The highest BCUT2D eigenvalue weighted by molar-refractivity contribution is 6.31. The van der Waals surface area contributed by atoms with Crippen molar-refractivity contribution in [2.75, 3.05) is 23.4 Å². The summed E-state index contributed by atoms with van der Waals surface area (Å²) < 4.78 is 10.5. The lowest BCUT2D eigenvalue weighted by Gasteiger charge is -2.17. The van der Waals surface area contributed by atoms with Crippen molar-refractivity contribution in [1.29, 1.82) is 0 Å². The number of halogens is 1. The molecule has 7 heteroatoms. The quantitative estimate of drug-likeness (QED) is 0.759. The molecule has 2 amide bonds. The number of ether oxygens (including phenoxy) is 1. The molecule has 1 aliphatic rings. The summed E-state index contributed by atoms with van der Waals surface area (Å²) in [6, 6.07) is 13.8. The van der Waals surface area contributed by atoms with Crippen molar-refractivity contribution in [3.8, 4) is 0 Å². The standard InChI is InChI=1S/C18H13ClN2O4/c19-12-5-6-15-11(9-12)10-16(25-15)17(22)20-13-3-1-2-4-14(13)21-7-8-24-18(21)23/h1-6,9-10H,7-8H2,(H,20,22). The number of benzene rings is 2. The number of hydrogen-bond donors (Lipinski definition) is 1. The van der Waals surface area contributed by atoms with Gasteiger partial charge >= 0.3 is 6.09 Å². The molecule has 0 aliphatic carbocycles. The molecule has 1 aromatic heterocycles. The maximum atomic E-state index is 12.5. The molecular weight excluding hydrogens is 344 g/mol. The zero-order valence-electron chi connectivity index (χ0n) is 13.0. The topological polar surface area (TPSA) is 71.8 Å². The Balaban J connectivity index is 1.63. The van der Waals surface area contributed by atoms with Crippen LogP contribution in [0.4, 0.5) is 16.2 Å². The van der Waals surface area contributed by atoms with Gasteiger partial charge < -0.3 is 14.5 Å². The first kappa shape index (κ1) is 15.5. The van der Waals surface area contributed by atoms with Gasteiger partial charge in [-0.3, -0.25) is 9.69 Å². The van der Waals surface area contributed by atoms with Crippen LogP contribution in [0.15, 0.2) is 52.9 Å². The van der Waals surface area contributed by atoms with E-state index in [1.165, 1.54) is 4.90 Å². The van der Waals surface area contributed by atoms with Gasteiger partial charge in [0.25, 0.3) is 5.91 Å². The van der Waals surface area contributed by atoms with E-state index in [4.69, 9.17) is 20.8 Å². The molecule has 0 unspecified atom stereocenters. The second-order valence-corrected chi connectivity index (χ2v) is 5.97. The van der Waals surface area contributed by atoms with E-state index in [1.54, 1.807) is 48.5 Å². The summed E-state index contributed by atoms with van der Waals surface area (Å²) in [5, 5.41) is 4.10. The first-order valence-electron chi connectivity index (χ1n) is 7.65. The number of carbonyl (C=O) groups is 2. The largest absolute Gasteiger partial charge is 0.451 e. The van der Waals surface area contributed by atoms with Crippen LogP contribution in [0.2, 0.25) is 5.02 Å². The second-order valence-electron chi connectivity index (χ2n) is 5.53.